The molecule has 26 heavy (non-hydrogen) atoms. The van der Waals surface area contributed by atoms with Crippen LogP contribution in [0.2, 0.25) is 0 Å². The van der Waals surface area contributed by atoms with Gasteiger partial charge >= 0.3 is 0 Å². The minimum absolute atomic E-state index is 0.0278. The maximum atomic E-state index is 12.3. The fourth-order valence-corrected chi connectivity index (χ4v) is 3.72. The number of aliphatic hydroxyl groups is 1. The average Bonchev–Trinajstić information content (AvgIpc) is 3.18. The van der Waals surface area contributed by atoms with Crippen molar-refractivity contribution in [3.63, 3.8) is 0 Å². The van der Waals surface area contributed by atoms with Gasteiger partial charge in [-0.15, -0.1) is 10.2 Å². The summed E-state index contributed by atoms with van der Waals surface area (Å²) in [6, 6.07) is 5.80. The van der Waals surface area contributed by atoms with E-state index in [4.69, 9.17) is 4.74 Å². The fourth-order valence-electron chi connectivity index (χ4n) is 3.72. The molecule has 1 heterocycles. The van der Waals surface area contributed by atoms with E-state index in [-0.39, 0.29) is 24.2 Å². The third-order valence-electron chi connectivity index (χ3n) is 5.12. The van der Waals surface area contributed by atoms with E-state index < -0.39 is 6.10 Å². The zero-order valence-corrected chi connectivity index (χ0v) is 15.5. The monoisotopic (exact) mass is 358 g/mol. The summed E-state index contributed by atoms with van der Waals surface area (Å²) in [7, 11) is 3.51. The lowest BCUT2D eigenvalue weighted by Gasteiger charge is -2.16. The first kappa shape index (κ1) is 18.4. The number of nitrogens with zero attached hydrogens (tertiary/aromatic N) is 3. The van der Waals surface area contributed by atoms with Gasteiger partial charge in [-0.1, -0.05) is 17.7 Å². The highest BCUT2D eigenvalue weighted by Crippen LogP contribution is 2.37. The first-order valence-electron chi connectivity index (χ1n) is 8.90. The molecule has 1 fully saturated rings. The molecule has 2 aromatic rings. The van der Waals surface area contributed by atoms with Crippen molar-refractivity contribution in [3.8, 4) is 5.75 Å². The van der Waals surface area contributed by atoms with Gasteiger partial charge in [-0.25, -0.2) is 0 Å². The zero-order chi connectivity index (χ0) is 18.7. The molecule has 1 amide bonds. The lowest BCUT2D eigenvalue weighted by atomic mass is 10.0. The summed E-state index contributed by atoms with van der Waals surface area (Å²) in [5, 5.41) is 21.4. The van der Waals surface area contributed by atoms with Crippen molar-refractivity contribution in [1.82, 2.24) is 20.1 Å². The molecule has 1 aromatic carbocycles. The van der Waals surface area contributed by atoms with Crippen molar-refractivity contribution in [2.45, 2.75) is 38.2 Å². The Hall–Kier alpha value is -2.41. The van der Waals surface area contributed by atoms with Crippen LogP contribution < -0.4 is 10.1 Å². The number of hydrogen-bond donors (Lipinski definition) is 2. The highest BCUT2D eigenvalue weighted by Gasteiger charge is 2.35. The number of amides is 1. The Morgan fingerprint density at radius 2 is 2.23 bits per heavy atom. The number of carbonyl (C=O) groups is 1. The first-order chi connectivity index (χ1) is 12.5. The van der Waals surface area contributed by atoms with Crippen molar-refractivity contribution < 1.29 is 14.6 Å². The van der Waals surface area contributed by atoms with Gasteiger partial charge in [0.15, 0.2) is 0 Å². The van der Waals surface area contributed by atoms with Gasteiger partial charge in [-0.3, -0.25) is 4.79 Å². The van der Waals surface area contributed by atoms with E-state index >= 15 is 0 Å². The number of nitrogens with one attached hydrogen (secondary N) is 1. The molecule has 0 bridgehead atoms. The predicted molar refractivity (Wildman–Crippen MR) is 96.9 cm³/mol. The number of methoxy groups -OCH3 is 1. The van der Waals surface area contributed by atoms with Crippen LogP contribution >= 0.6 is 0 Å². The van der Waals surface area contributed by atoms with E-state index in [1.165, 1.54) is 0 Å². The SMILES string of the molecule is COc1ccc(C)cc1CC(=O)NC[C@H]1C[C@H](c2nncn2C)C[C@H]1O. The van der Waals surface area contributed by atoms with Crippen LogP contribution in [0.1, 0.15) is 35.7 Å². The molecule has 0 spiro atoms. The molecule has 3 rings (SSSR count). The van der Waals surface area contributed by atoms with Gasteiger partial charge < -0.3 is 19.7 Å². The van der Waals surface area contributed by atoms with E-state index in [0.717, 1.165) is 23.4 Å². The number of ether oxygens (including phenoxy) is 1. The van der Waals surface area contributed by atoms with Gasteiger partial charge in [0, 0.05) is 31.0 Å². The van der Waals surface area contributed by atoms with Crippen molar-refractivity contribution in [2.75, 3.05) is 13.7 Å². The maximum Gasteiger partial charge on any atom is 0.224 e. The smallest absolute Gasteiger partial charge is 0.224 e. The summed E-state index contributed by atoms with van der Waals surface area (Å²) in [5.41, 5.74) is 1.96. The van der Waals surface area contributed by atoms with E-state index in [1.54, 1.807) is 13.4 Å². The van der Waals surface area contributed by atoms with Gasteiger partial charge in [0.05, 0.1) is 19.6 Å². The minimum Gasteiger partial charge on any atom is -0.496 e. The highest BCUT2D eigenvalue weighted by molar-refractivity contribution is 5.79. The molecule has 1 aliphatic carbocycles. The largest absolute Gasteiger partial charge is 0.496 e. The van der Waals surface area contributed by atoms with Crippen LogP contribution in [0.4, 0.5) is 0 Å². The Balaban J connectivity index is 1.55. The van der Waals surface area contributed by atoms with Crippen molar-refractivity contribution in [2.24, 2.45) is 13.0 Å². The lowest BCUT2D eigenvalue weighted by molar-refractivity contribution is -0.120. The highest BCUT2D eigenvalue weighted by atomic mass is 16.5. The van der Waals surface area contributed by atoms with Crippen molar-refractivity contribution >= 4 is 5.91 Å². The molecule has 1 aliphatic rings. The van der Waals surface area contributed by atoms with Crippen LogP contribution in [0.5, 0.6) is 5.75 Å². The molecule has 140 valence electrons. The number of aromatic nitrogens is 3. The van der Waals surface area contributed by atoms with E-state index in [1.807, 2.05) is 36.7 Å². The predicted octanol–water partition coefficient (Wildman–Crippen LogP) is 1.35. The average molecular weight is 358 g/mol. The molecule has 0 unspecified atom stereocenters. The standard InChI is InChI=1S/C19H26N4O3/c1-12-4-5-17(26-3)13(6-12)9-18(25)20-10-15-7-14(8-16(15)24)19-22-21-11-23(19)2/h4-6,11,14-16,24H,7-10H2,1-3H3,(H,20,25)/t14-,15+,16+/m0/s1. The molecule has 0 saturated heterocycles. The topological polar surface area (TPSA) is 89.3 Å². The zero-order valence-electron chi connectivity index (χ0n) is 15.5. The van der Waals surface area contributed by atoms with Crippen molar-refractivity contribution in [3.05, 3.63) is 41.5 Å². The number of carbonyl (C=O) groups excluding carboxylic acids is 1. The van der Waals surface area contributed by atoms with Gasteiger partial charge in [0.1, 0.15) is 17.9 Å². The van der Waals surface area contributed by atoms with Gasteiger partial charge in [-0.05, 0) is 25.8 Å². The molecule has 2 N–H and O–H groups in total. The molecule has 1 saturated carbocycles. The molecule has 0 aliphatic heterocycles. The third-order valence-corrected chi connectivity index (χ3v) is 5.12. The first-order valence-corrected chi connectivity index (χ1v) is 8.90. The van der Waals surface area contributed by atoms with Crippen LogP contribution in [0.25, 0.3) is 0 Å². The van der Waals surface area contributed by atoms with Gasteiger partial charge in [0.2, 0.25) is 5.91 Å². The molecule has 7 heteroatoms. The van der Waals surface area contributed by atoms with Gasteiger partial charge in [-0.2, -0.15) is 0 Å². The molecule has 0 radical (unpaired) electrons. The lowest BCUT2D eigenvalue weighted by Crippen LogP contribution is -2.33. The second-order valence-electron chi connectivity index (χ2n) is 7.09. The molecule has 7 nitrogen and oxygen atoms in total. The quantitative estimate of drug-likeness (QED) is 0.814. The normalized spacial score (nSPS) is 22.4. The Labute approximate surface area is 153 Å². The number of aryl methyl sites for hydroxylation is 2. The summed E-state index contributed by atoms with van der Waals surface area (Å²) in [4.78, 5) is 12.3. The number of rotatable bonds is 6. The van der Waals surface area contributed by atoms with Crippen LogP contribution in [-0.4, -0.2) is 45.5 Å². The number of aliphatic hydroxyl groups excluding tert-OH is 1. The molecular weight excluding hydrogens is 332 g/mol. The van der Waals surface area contributed by atoms with Crippen LogP contribution in [0, 0.1) is 12.8 Å². The summed E-state index contributed by atoms with van der Waals surface area (Å²) in [5.74, 6) is 1.75. The second kappa shape index (κ2) is 7.86. The summed E-state index contributed by atoms with van der Waals surface area (Å²) < 4.78 is 7.22. The van der Waals surface area contributed by atoms with Crippen LogP contribution in [0.15, 0.2) is 24.5 Å². The minimum atomic E-state index is -0.439. The molecule has 1 aromatic heterocycles. The fraction of sp³-hybridized carbons (Fsp3) is 0.526. The summed E-state index contributed by atoms with van der Waals surface area (Å²) >= 11 is 0. The number of hydrogen-bond acceptors (Lipinski definition) is 5. The van der Waals surface area contributed by atoms with E-state index in [9.17, 15) is 9.90 Å². The van der Waals surface area contributed by atoms with Gasteiger partial charge in [0.25, 0.3) is 0 Å². The maximum absolute atomic E-state index is 12.3. The van der Waals surface area contributed by atoms with Crippen LogP contribution in [-0.2, 0) is 18.3 Å². The second-order valence-corrected chi connectivity index (χ2v) is 7.09. The number of benzene rings is 1. The summed E-state index contributed by atoms with van der Waals surface area (Å²) in [6.45, 7) is 2.45. The Bertz CT molecular complexity index is 774. The van der Waals surface area contributed by atoms with Crippen LogP contribution in [0.3, 0.4) is 0 Å². The Kier molecular flexibility index (Phi) is 5.56. The van der Waals surface area contributed by atoms with E-state index in [0.29, 0.717) is 18.7 Å². The Morgan fingerprint density at radius 3 is 2.92 bits per heavy atom. The molecule has 3 atom stereocenters. The Morgan fingerprint density at radius 1 is 1.42 bits per heavy atom. The van der Waals surface area contributed by atoms with Crippen molar-refractivity contribution in [1.29, 1.82) is 0 Å². The molecular formula is C19H26N4O3. The van der Waals surface area contributed by atoms with E-state index in [2.05, 4.69) is 15.5 Å². The summed E-state index contributed by atoms with van der Waals surface area (Å²) in [6.07, 6.45) is 2.94. The third kappa shape index (κ3) is 4.04.